The monoisotopic (exact) mass is 855 g/mol. The van der Waals surface area contributed by atoms with Crippen molar-refractivity contribution in [1.29, 1.82) is 0 Å². The van der Waals surface area contributed by atoms with Crippen LogP contribution in [0.4, 0.5) is 0 Å². The summed E-state index contributed by atoms with van der Waals surface area (Å²) in [5, 5.41) is 1.95. The normalized spacial score (nSPS) is 11.2. The molecular weight excluding hydrogens is 826 g/mol. The SMILES string of the molecule is [Pt+2].[c-]1c(B(c2[c-]c3c4ncccc4c4nc5ccccc5n4c3cc2)c2c(-c3ccccc3)cccc2-c2ccccc2)cccc1-c1ccccn1. The van der Waals surface area contributed by atoms with Crippen LogP contribution in [-0.4, -0.2) is 26.1 Å². The van der Waals surface area contributed by atoms with Gasteiger partial charge in [0.2, 0.25) is 6.71 Å². The number of para-hydroxylation sites is 2. The molecule has 250 valence electrons. The Morgan fingerprint density at radius 1 is 0.509 bits per heavy atom. The zero-order chi connectivity index (χ0) is 34.4. The third kappa shape index (κ3) is 5.65. The van der Waals surface area contributed by atoms with Crippen LogP contribution in [0.15, 0.2) is 176 Å². The second kappa shape index (κ2) is 13.8. The molecule has 0 atom stereocenters. The number of hydrogen-bond acceptors (Lipinski definition) is 3. The first-order valence-corrected chi connectivity index (χ1v) is 17.5. The van der Waals surface area contributed by atoms with Gasteiger partial charge in [-0.15, -0.1) is 53.4 Å². The van der Waals surface area contributed by atoms with Gasteiger partial charge in [-0.05, 0) is 57.7 Å². The maximum atomic E-state index is 5.07. The van der Waals surface area contributed by atoms with Gasteiger partial charge in [0.05, 0.1) is 11.0 Å². The molecule has 0 aliphatic heterocycles. The van der Waals surface area contributed by atoms with Crippen molar-refractivity contribution >= 4 is 61.6 Å². The number of hydrogen-bond donors (Lipinski definition) is 0. The van der Waals surface area contributed by atoms with E-state index in [-0.39, 0.29) is 27.8 Å². The van der Waals surface area contributed by atoms with E-state index >= 15 is 0 Å². The summed E-state index contributed by atoms with van der Waals surface area (Å²) in [5.74, 6) is 0. The van der Waals surface area contributed by atoms with E-state index < -0.39 is 0 Å². The molecule has 0 fully saturated rings. The molecule has 0 spiro atoms. The van der Waals surface area contributed by atoms with Crippen molar-refractivity contribution in [2.24, 2.45) is 0 Å². The Labute approximate surface area is 322 Å². The van der Waals surface area contributed by atoms with Gasteiger partial charge in [-0.2, -0.15) is 10.9 Å². The molecule has 4 aromatic heterocycles. The fourth-order valence-electron chi connectivity index (χ4n) is 7.69. The number of benzene rings is 6. The Bertz CT molecular complexity index is 2850. The van der Waals surface area contributed by atoms with E-state index in [0.29, 0.717) is 0 Å². The minimum atomic E-state index is -0.242. The van der Waals surface area contributed by atoms with E-state index in [1.54, 1.807) is 0 Å². The molecule has 4 heterocycles. The average Bonchev–Trinajstić information content (AvgIpc) is 3.62. The summed E-state index contributed by atoms with van der Waals surface area (Å²) in [6.45, 7) is -0.242. The molecule has 0 bridgehead atoms. The number of pyridine rings is 3. The number of imidazole rings is 1. The average molecular weight is 856 g/mol. The first-order valence-electron chi connectivity index (χ1n) is 17.5. The van der Waals surface area contributed by atoms with Crippen LogP contribution in [0.1, 0.15) is 0 Å². The van der Waals surface area contributed by atoms with E-state index in [4.69, 9.17) is 15.0 Å². The summed E-state index contributed by atoms with van der Waals surface area (Å²) in [4.78, 5) is 14.7. The molecule has 0 aliphatic rings. The molecule has 0 saturated carbocycles. The van der Waals surface area contributed by atoms with Crippen LogP contribution in [0.3, 0.4) is 0 Å². The molecular formula is C47H29BN4Pt. The van der Waals surface area contributed by atoms with E-state index in [1.165, 1.54) is 5.46 Å². The molecule has 0 N–H and O–H groups in total. The summed E-state index contributed by atoms with van der Waals surface area (Å²) >= 11 is 0. The smallest absolute Gasteiger partial charge is 0.335 e. The summed E-state index contributed by atoms with van der Waals surface area (Å²) in [5.41, 5.74) is 14.5. The van der Waals surface area contributed by atoms with E-state index in [2.05, 4.69) is 150 Å². The summed E-state index contributed by atoms with van der Waals surface area (Å²) in [6.07, 6.45) is 3.70. The molecule has 6 aromatic carbocycles. The molecule has 0 aliphatic carbocycles. The Kier molecular flexibility index (Phi) is 8.50. The first-order chi connectivity index (χ1) is 25.8. The third-order valence-corrected chi connectivity index (χ3v) is 9.98. The van der Waals surface area contributed by atoms with Gasteiger partial charge in [0.1, 0.15) is 5.65 Å². The first kappa shape index (κ1) is 32.7. The molecule has 6 heteroatoms. The second-order valence-electron chi connectivity index (χ2n) is 13.0. The van der Waals surface area contributed by atoms with Crippen LogP contribution < -0.4 is 16.4 Å². The van der Waals surface area contributed by atoms with Gasteiger partial charge in [0, 0.05) is 23.3 Å². The summed E-state index contributed by atoms with van der Waals surface area (Å²) < 4.78 is 2.26. The fourth-order valence-corrected chi connectivity index (χ4v) is 7.69. The molecule has 4 nitrogen and oxygen atoms in total. The summed E-state index contributed by atoms with van der Waals surface area (Å²) in [7, 11) is 0. The van der Waals surface area contributed by atoms with Gasteiger partial charge < -0.3 is 14.4 Å². The molecule has 0 radical (unpaired) electrons. The van der Waals surface area contributed by atoms with Crippen molar-refractivity contribution in [3.63, 3.8) is 0 Å². The van der Waals surface area contributed by atoms with Crippen LogP contribution >= 0.6 is 0 Å². The predicted octanol–water partition coefficient (Wildman–Crippen LogP) is 8.70. The fraction of sp³-hybridized carbons (Fsp3) is 0. The predicted molar refractivity (Wildman–Crippen MR) is 215 cm³/mol. The number of aromatic nitrogens is 4. The maximum Gasteiger partial charge on any atom is 2.00 e. The number of fused-ring (bicyclic) bond motifs is 8. The molecule has 0 amide bonds. The molecule has 53 heavy (non-hydrogen) atoms. The largest absolute Gasteiger partial charge is 2.00 e. The standard InChI is InChI=1S/C47H29BN4.Pt/c1-3-14-32(15-4-1)37-20-12-21-38(33-16-5-2-6-17-33)45(37)48(35-19-11-18-34(30-35)41-23-9-10-28-49-41)36-26-27-43-40(31-36)46-39(22-13-29-50-46)47-51-42-24-7-8-25-44(42)52(43)47;/h1-29H;/q-2;+2. The van der Waals surface area contributed by atoms with Gasteiger partial charge >= 0.3 is 21.1 Å². The summed E-state index contributed by atoms with van der Waals surface area (Å²) in [6, 6.07) is 65.1. The van der Waals surface area contributed by atoms with Crippen molar-refractivity contribution in [2.75, 3.05) is 0 Å². The third-order valence-electron chi connectivity index (χ3n) is 9.98. The minimum Gasteiger partial charge on any atom is -0.335 e. The van der Waals surface area contributed by atoms with Crippen molar-refractivity contribution in [3.8, 4) is 33.5 Å². The van der Waals surface area contributed by atoms with Crippen molar-refractivity contribution in [2.45, 2.75) is 0 Å². The van der Waals surface area contributed by atoms with Crippen LogP contribution in [0.2, 0.25) is 0 Å². The van der Waals surface area contributed by atoms with Crippen LogP contribution in [-0.2, 0) is 21.1 Å². The Morgan fingerprint density at radius 3 is 1.94 bits per heavy atom. The molecule has 10 aromatic rings. The van der Waals surface area contributed by atoms with Crippen LogP contribution in [0, 0.1) is 12.1 Å². The second-order valence-corrected chi connectivity index (χ2v) is 13.0. The van der Waals surface area contributed by atoms with E-state index in [9.17, 15) is 0 Å². The van der Waals surface area contributed by atoms with E-state index in [1.807, 2.05) is 42.7 Å². The molecule has 0 saturated heterocycles. The number of rotatable bonds is 6. The molecule has 10 rings (SSSR count). The van der Waals surface area contributed by atoms with Crippen LogP contribution in [0.5, 0.6) is 0 Å². The van der Waals surface area contributed by atoms with Gasteiger partial charge in [-0.3, -0.25) is 0 Å². The van der Waals surface area contributed by atoms with Crippen molar-refractivity contribution in [1.82, 2.24) is 19.4 Å². The van der Waals surface area contributed by atoms with Gasteiger partial charge in [-0.25, -0.2) is 4.98 Å². The molecule has 0 unspecified atom stereocenters. The zero-order valence-electron chi connectivity index (χ0n) is 28.4. The maximum absolute atomic E-state index is 5.07. The topological polar surface area (TPSA) is 43.1 Å². The Balaban J connectivity index is 0.00000372. The Hall–Kier alpha value is -6.16. The van der Waals surface area contributed by atoms with Crippen molar-refractivity contribution < 1.29 is 21.1 Å². The zero-order valence-corrected chi connectivity index (χ0v) is 30.7. The van der Waals surface area contributed by atoms with Crippen LogP contribution in [0.25, 0.3) is 72.0 Å². The van der Waals surface area contributed by atoms with Gasteiger partial charge in [0.25, 0.3) is 0 Å². The minimum absolute atomic E-state index is 0. The quantitative estimate of drug-likeness (QED) is 0.0956. The van der Waals surface area contributed by atoms with Gasteiger partial charge in [0.15, 0.2) is 0 Å². The Morgan fingerprint density at radius 2 is 1.19 bits per heavy atom. The van der Waals surface area contributed by atoms with E-state index in [0.717, 1.165) is 82.9 Å². The van der Waals surface area contributed by atoms with Gasteiger partial charge in [-0.1, -0.05) is 115 Å². The number of nitrogens with zero attached hydrogens (tertiary/aromatic N) is 4. The van der Waals surface area contributed by atoms with Crippen molar-refractivity contribution in [3.05, 3.63) is 188 Å².